The number of carboxylic acids is 1. The van der Waals surface area contributed by atoms with Gasteiger partial charge in [0, 0.05) is 17.0 Å². The summed E-state index contributed by atoms with van der Waals surface area (Å²) in [6.45, 7) is 13.5. The number of fused-ring (bicyclic) bond motifs is 1. The van der Waals surface area contributed by atoms with Crippen LogP contribution in [0.15, 0.2) is 30.9 Å². The van der Waals surface area contributed by atoms with Crippen molar-refractivity contribution < 1.29 is 24.6 Å². The number of hydrogen-bond acceptors (Lipinski definition) is 5. The number of nitrogens with zero attached hydrogens (tertiary/aromatic N) is 2. The number of hydrogen-bond donors (Lipinski definition) is 2. The Labute approximate surface area is 211 Å². The number of anilines is 1. The zero-order valence-corrected chi connectivity index (χ0v) is 22.0. The average molecular weight is 501 g/mol. The third kappa shape index (κ3) is 3.71. The maximum atomic E-state index is 14.5. The Morgan fingerprint density at radius 2 is 2.00 bits per heavy atom. The van der Waals surface area contributed by atoms with E-state index in [1.165, 1.54) is 11.8 Å². The summed E-state index contributed by atoms with van der Waals surface area (Å²) < 4.78 is -1.45. The van der Waals surface area contributed by atoms with Gasteiger partial charge in [-0.25, -0.2) is 0 Å². The smallest absolute Gasteiger partial charge is 0.308 e. The van der Waals surface area contributed by atoms with Crippen LogP contribution in [0.3, 0.4) is 0 Å². The molecule has 1 spiro atoms. The zero-order valence-electron chi connectivity index (χ0n) is 21.2. The molecule has 3 heterocycles. The highest BCUT2D eigenvalue weighted by Gasteiger charge is 2.78. The minimum atomic E-state index is -0.990. The quantitative estimate of drug-likeness (QED) is 0.531. The van der Waals surface area contributed by atoms with E-state index in [1.54, 1.807) is 15.9 Å². The third-order valence-corrected chi connectivity index (χ3v) is 10.2. The second-order valence-corrected chi connectivity index (χ2v) is 12.7. The third-order valence-electron chi connectivity index (χ3n) is 8.26. The molecule has 8 heteroatoms. The Morgan fingerprint density at radius 1 is 1.31 bits per heavy atom. The number of carbonyl (C=O) groups is 3. The standard InChI is InChI=1S/C27H36N2O5S/c1-7-12-28(18-13-16(4)8-9-17(18)5)24(32)22-27-11-10-26(6,35-27)21(25(33)34)20(27)23(31)29(22)19(14-30)15(2)3/h7-9,13,15,19-22,30H,1,10-12,14H2,2-6H3,(H,33,34)/t19-,20-,21+,22?,26-,27?/m0/s1. The van der Waals surface area contributed by atoms with Crippen molar-refractivity contribution in [2.75, 3.05) is 18.1 Å². The SMILES string of the molecule is C=CCN(C(=O)C1N([C@@H](CO)C(C)C)C(=O)[C@@H]2[C@H](C(=O)O)[C@]3(C)CCC12S3)c1cc(C)ccc1C. The van der Waals surface area contributed by atoms with E-state index in [4.69, 9.17) is 0 Å². The number of aliphatic hydroxyl groups is 1. The summed E-state index contributed by atoms with van der Waals surface area (Å²) in [7, 11) is 0. The molecule has 3 saturated heterocycles. The Morgan fingerprint density at radius 3 is 2.57 bits per heavy atom. The number of likely N-dealkylation sites (tertiary alicyclic amines) is 1. The van der Waals surface area contributed by atoms with Gasteiger partial charge in [-0.05, 0) is 56.7 Å². The molecule has 0 aliphatic carbocycles. The highest BCUT2D eigenvalue weighted by atomic mass is 32.2. The Hall–Kier alpha value is -2.32. The number of aliphatic hydroxyl groups excluding tert-OH is 1. The lowest BCUT2D eigenvalue weighted by atomic mass is 9.66. The Balaban J connectivity index is 1.90. The van der Waals surface area contributed by atoms with E-state index in [1.807, 2.05) is 52.8 Å². The van der Waals surface area contributed by atoms with Crippen molar-refractivity contribution in [2.24, 2.45) is 17.8 Å². The predicted molar refractivity (Wildman–Crippen MR) is 137 cm³/mol. The van der Waals surface area contributed by atoms with Crippen molar-refractivity contribution in [2.45, 2.75) is 69.0 Å². The molecule has 1 aromatic rings. The first-order chi connectivity index (χ1) is 16.4. The second kappa shape index (κ2) is 8.96. The molecule has 3 fully saturated rings. The van der Waals surface area contributed by atoms with Crippen molar-refractivity contribution in [3.63, 3.8) is 0 Å². The summed E-state index contributed by atoms with van der Waals surface area (Å²) in [6, 6.07) is 4.47. The maximum absolute atomic E-state index is 14.5. The lowest BCUT2D eigenvalue weighted by molar-refractivity contribution is -0.151. The lowest BCUT2D eigenvalue weighted by Crippen LogP contribution is -2.58. The molecule has 3 aliphatic rings. The number of benzene rings is 1. The van der Waals surface area contributed by atoms with E-state index >= 15 is 0 Å². The molecule has 35 heavy (non-hydrogen) atoms. The summed E-state index contributed by atoms with van der Waals surface area (Å²) in [5.41, 5.74) is 2.69. The van der Waals surface area contributed by atoms with Crippen LogP contribution < -0.4 is 4.90 Å². The molecule has 0 saturated carbocycles. The van der Waals surface area contributed by atoms with Gasteiger partial charge >= 0.3 is 5.97 Å². The normalized spacial score (nSPS) is 32.1. The van der Waals surface area contributed by atoms with E-state index < -0.39 is 39.4 Å². The Bertz CT molecular complexity index is 1070. The first-order valence-electron chi connectivity index (χ1n) is 12.3. The molecule has 1 aromatic carbocycles. The number of carbonyl (C=O) groups excluding carboxylic acids is 2. The fourth-order valence-electron chi connectivity index (χ4n) is 6.59. The first-order valence-corrected chi connectivity index (χ1v) is 13.1. The van der Waals surface area contributed by atoms with Gasteiger partial charge in [-0.2, -0.15) is 0 Å². The van der Waals surface area contributed by atoms with E-state index in [0.717, 1.165) is 16.8 Å². The van der Waals surface area contributed by atoms with Gasteiger partial charge in [-0.3, -0.25) is 14.4 Å². The van der Waals surface area contributed by atoms with Crippen molar-refractivity contribution in [3.05, 3.63) is 42.0 Å². The molecular weight excluding hydrogens is 464 g/mol. The monoisotopic (exact) mass is 500 g/mol. The van der Waals surface area contributed by atoms with E-state index in [0.29, 0.717) is 12.8 Å². The largest absolute Gasteiger partial charge is 0.481 e. The number of carboxylic acid groups (broad SMARTS) is 1. The van der Waals surface area contributed by atoms with Crippen LogP contribution in [-0.2, 0) is 14.4 Å². The van der Waals surface area contributed by atoms with Crippen molar-refractivity contribution in [1.29, 1.82) is 0 Å². The summed E-state index contributed by atoms with van der Waals surface area (Å²) in [5.74, 6) is -3.32. The van der Waals surface area contributed by atoms with Gasteiger partial charge in [0.25, 0.3) is 5.91 Å². The van der Waals surface area contributed by atoms with Crippen molar-refractivity contribution in [1.82, 2.24) is 4.90 Å². The molecule has 3 aliphatic heterocycles. The summed E-state index contributed by atoms with van der Waals surface area (Å²) in [6.07, 6.45) is 2.89. The van der Waals surface area contributed by atoms with Gasteiger partial charge in [0.2, 0.25) is 5.91 Å². The topological polar surface area (TPSA) is 98.2 Å². The highest BCUT2D eigenvalue weighted by Crippen LogP contribution is 2.71. The zero-order chi connectivity index (χ0) is 25.9. The first kappa shape index (κ1) is 25.8. The van der Waals surface area contributed by atoms with Crippen LogP contribution in [0.4, 0.5) is 5.69 Å². The van der Waals surface area contributed by atoms with Crippen molar-refractivity contribution >= 4 is 35.2 Å². The van der Waals surface area contributed by atoms with Gasteiger partial charge in [0.05, 0.1) is 29.2 Å². The molecule has 2 unspecified atom stereocenters. The second-order valence-electron chi connectivity index (χ2n) is 10.8. The van der Waals surface area contributed by atoms with E-state index in [2.05, 4.69) is 6.58 Å². The number of rotatable bonds is 8. The van der Waals surface area contributed by atoms with E-state index in [-0.39, 0.29) is 30.9 Å². The van der Waals surface area contributed by atoms with Gasteiger partial charge in [0.15, 0.2) is 0 Å². The molecule has 0 radical (unpaired) electrons. The minimum Gasteiger partial charge on any atom is -0.481 e. The van der Waals surface area contributed by atoms with Gasteiger partial charge < -0.3 is 20.0 Å². The van der Waals surface area contributed by atoms with Crippen LogP contribution in [0.25, 0.3) is 0 Å². The molecule has 4 rings (SSSR count). The average Bonchev–Trinajstić information content (AvgIpc) is 3.35. The number of amides is 2. The van der Waals surface area contributed by atoms with Crippen LogP contribution in [0.2, 0.25) is 0 Å². The van der Waals surface area contributed by atoms with Crippen LogP contribution >= 0.6 is 11.8 Å². The predicted octanol–water partition coefficient (Wildman–Crippen LogP) is 3.41. The van der Waals surface area contributed by atoms with E-state index in [9.17, 15) is 24.6 Å². The van der Waals surface area contributed by atoms with Crippen LogP contribution in [0.5, 0.6) is 0 Å². The lowest BCUT2D eigenvalue weighted by Gasteiger charge is -2.41. The molecule has 2 amide bonds. The number of aliphatic carboxylic acids is 1. The van der Waals surface area contributed by atoms with Crippen LogP contribution in [-0.4, -0.2) is 67.6 Å². The fraction of sp³-hybridized carbons (Fsp3) is 0.593. The highest BCUT2D eigenvalue weighted by molar-refractivity contribution is 8.02. The Kier molecular flexibility index (Phi) is 6.60. The van der Waals surface area contributed by atoms with Crippen molar-refractivity contribution in [3.8, 4) is 0 Å². The van der Waals surface area contributed by atoms with Crippen LogP contribution in [0, 0.1) is 31.6 Å². The molecule has 190 valence electrons. The summed E-state index contributed by atoms with van der Waals surface area (Å²) in [5, 5.41) is 20.5. The fourth-order valence-corrected chi connectivity index (χ4v) is 8.92. The molecule has 0 aromatic heterocycles. The minimum absolute atomic E-state index is 0.107. The molecule has 6 atom stereocenters. The van der Waals surface area contributed by atoms with Gasteiger partial charge in [-0.15, -0.1) is 18.3 Å². The van der Waals surface area contributed by atoms with Gasteiger partial charge in [0.1, 0.15) is 6.04 Å². The summed E-state index contributed by atoms with van der Waals surface area (Å²) >= 11 is 1.51. The maximum Gasteiger partial charge on any atom is 0.308 e. The van der Waals surface area contributed by atoms with Crippen LogP contribution in [0.1, 0.15) is 44.7 Å². The molecular formula is C27H36N2O5S. The number of thioether (sulfide) groups is 1. The van der Waals surface area contributed by atoms with Gasteiger partial charge in [-0.1, -0.05) is 32.1 Å². The molecule has 7 nitrogen and oxygen atoms in total. The number of aryl methyl sites for hydroxylation is 2. The summed E-state index contributed by atoms with van der Waals surface area (Å²) in [4.78, 5) is 44.2. The molecule has 2 bridgehead atoms. The molecule has 2 N–H and O–H groups in total.